The minimum Gasteiger partial charge on any atom is -0.325 e. The van der Waals surface area contributed by atoms with E-state index in [4.69, 9.17) is 0 Å². The average Bonchev–Trinajstić information content (AvgIpc) is 3.08. The van der Waals surface area contributed by atoms with E-state index in [1.54, 1.807) is 12.1 Å². The van der Waals surface area contributed by atoms with Crippen LogP contribution in [0.5, 0.6) is 0 Å². The highest BCUT2D eigenvalue weighted by molar-refractivity contribution is 5.96. The first kappa shape index (κ1) is 16.2. The average molecular weight is 343 g/mol. The van der Waals surface area contributed by atoms with E-state index in [2.05, 4.69) is 25.4 Å². The van der Waals surface area contributed by atoms with Gasteiger partial charge in [0.25, 0.3) is 0 Å². The molecule has 1 aliphatic carbocycles. The van der Waals surface area contributed by atoms with Crippen molar-refractivity contribution in [3.8, 4) is 11.4 Å². The Kier molecular flexibility index (Phi) is 4.48. The first-order valence-electron chi connectivity index (χ1n) is 8.91. The van der Waals surface area contributed by atoms with Gasteiger partial charge in [-0.1, -0.05) is 25.3 Å². The number of hydrogen-bond donors (Lipinski definition) is 2. The lowest BCUT2D eigenvalue weighted by molar-refractivity contribution is -0.126. The molecule has 0 bridgehead atoms. The standard InChI is InChI=1S/C18H22FN5O/c19-14-7-4-8-15(16(14)17-20-11-21-23-17)22-18(25)12-9-24(10-12)13-5-2-1-3-6-13/h4,7-8,11-13H,1-3,5-6,9-10H2,(H,22,25)(H,20,21,23). The van der Waals surface area contributed by atoms with Crippen LogP contribution in [0.15, 0.2) is 24.5 Å². The number of anilines is 1. The maximum absolute atomic E-state index is 14.2. The topological polar surface area (TPSA) is 73.9 Å². The zero-order valence-corrected chi connectivity index (χ0v) is 14.0. The van der Waals surface area contributed by atoms with Crippen molar-refractivity contribution in [2.24, 2.45) is 5.92 Å². The van der Waals surface area contributed by atoms with Gasteiger partial charge >= 0.3 is 0 Å². The van der Waals surface area contributed by atoms with E-state index in [0.29, 0.717) is 17.6 Å². The number of amides is 1. The van der Waals surface area contributed by atoms with E-state index in [1.807, 2.05) is 0 Å². The number of benzene rings is 1. The summed E-state index contributed by atoms with van der Waals surface area (Å²) in [6.07, 6.45) is 7.73. The van der Waals surface area contributed by atoms with E-state index >= 15 is 0 Å². The number of rotatable bonds is 4. The summed E-state index contributed by atoms with van der Waals surface area (Å²) in [4.78, 5) is 19.0. The van der Waals surface area contributed by atoms with Crippen molar-refractivity contribution in [2.45, 2.75) is 38.1 Å². The molecule has 1 saturated carbocycles. The molecule has 2 heterocycles. The normalized spacial score (nSPS) is 19.6. The molecule has 2 aliphatic rings. The molecule has 2 aromatic rings. The fourth-order valence-electron chi connectivity index (χ4n) is 3.85. The number of aromatic amines is 1. The second kappa shape index (κ2) is 6.92. The van der Waals surface area contributed by atoms with Crippen LogP contribution < -0.4 is 5.32 Å². The predicted molar refractivity (Wildman–Crippen MR) is 92.3 cm³/mol. The molecular formula is C18H22FN5O. The van der Waals surface area contributed by atoms with Gasteiger partial charge in [0.15, 0.2) is 5.82 Å². The number of nitrogens with one attached hydrogen (secondary N) is 2. The molecule has 2 fully saturated rings. The van der Waals surface area contributed by atoms with Crippen LogP contribution in [0.25, 0.3) is 11.4 Å². The Bertz CT molecular complexity index is 736. The van der Waals surface area contributed by atoms with E-state index in [9.17, 15) is 9.18 Å². The maximum atomic E-state index is 14.2. The van der Waals surface area contributed by atoms with Crippen LogP contribution in [-0.2, 0) is 4.79 Å². The van der Waals surface area contributed by atoms with Crippen molar-refractivity contribution in [3.05, 3.63) is 30.3 Å². The lowest BCUT2D eigenvalue weighted by Gasteiger charge is -2.45. The third kappa shape index (κ3) is 3.28. The minimum absolute atomic E-state index is 0.0345. The Morgan fingerprint density at radius 1 is 1.24 bits per heavy atom. The maximum Gasteiger partial charge on any atom is 0.230 e. The van der Waals surface area contributed by atoms with Crippen LogP contribution in [0.1, 0.15) is 32.1 Å². The monoisotopic (exact) mass is 343 g/mol. The number of carbonyl (C=O) groups excluding carboxylic acids is 1. The number of nitrogens with zero attached hydrogens (tertiary/aromatic N) is 3. The van der Waals surface area contributed by atoms with Gasteiger partial charge in [-0.25, -0.2) is 9.37 Å². The second-order valence-electron chi connectivity index (χ2n) is 6.93. The van der Waals surface area contributed by atoms with Gasteiger partial charge in [0.05, 0.1) is 17.2 Å². The number of aromatic nitrogens is 3. The minimum atomic E-state index is -0.438. The van der Waals surface area contributed by atoms with E-state index < -0.39 is 5.82 Å². The summed E-state index contributed by atoms with van der Waals surface area (Å²) >= 11 is 0. The third-order valence-corrected chi connectivity index (χ3v) is 5.29. The molecule has 1 saturated heterocycles. The highest BCUT2D eigenvalue weighted by atomic mass is 19.1. The van der Waals surface area contributed by atoms with Crippen LogP contribution >= 0.6 is 0 Å². The van der Waals surface area contributed by atoms with E-state index in [1.165, 1.54) is 44.5 Å². The summed E-state index contributed by atoms with van der Waals surface area (Å²) in [7, 11) is 0. The Hall–Kier alpha value is -2.28. The first-order valence-corrected chi connectivity index (χ1v) is 8.91. The Morgan fingerprint density at radius 2 is 2.04 bits per heavy atom. The Morgan fingerprint density at radius 3 is 2.76 bits per heavy atom. The molecule has 2 N–H and O–H groups in total. The quantitative estimate of drug-likeness (QED) is 0.895. The molecule has 1 amide bonds. The molecule has 132 valence electrons. The lowest BCUT2D eigenvalue weighted by Crippen LogP contribution is -2.56. The van der Waals surface area contributed by atoms with Gasteiger partial charge in [-0.3, -0.25) is 14.8 Å². The third-order valence-electron chi connectivity index (χ3n) is 5.29. The Labute approximate surface area is 145 Å². The van der Waals surface area contributed by atoms with Crippen molar-refractivity contribution in [1.29, 1.82) is 0 Å². The summed E-state index contributed by atoms with van der Waals surface area (Å²) in [5, 5.41) is 9.29. The van der Waals surface area contributed by atoms with Gasteiger partial charge in [-0.2, -0.15) is 5.10 Å². The fraction of sp³-hybridized carbons (Fsp3) is 0.500. The number of hydrogen-bond acceptors (Lipinski definition) is 4. The number of H-pyrrole nitrogens is 1. The summed E-state index contributed by atoms with van der Waals surface area (Å²) in [5.41, 5.74) is 0.676. The largest absolute Gasteiger partial charge is 0.325 e. The highest BCUT2D eigenvalue weighted by Gasteiger charge is 2.37. The zero-order chi connectivity index (χ0) is 17.2. The van der Waals surface area contributed by atoms with Gasteiger partial charge < -0.3 is 5.32 Å². The van der Waals surface area contributed by atoms with Crippen LogP contribution in [0.3, 0.4) is 0 Å². The molecule has 0 spiro atoms. The molecule has 25 heavy (non-hydrogen) atoms. The van der Waals surface area contributed by atoms with Gasteiger partial charge in [-0.15, -0.1) is 0 Å². The highest BCUT2D eigenvalue weighted by Crippen LogP contribution is 2.31. The van der Waals surface area contributed by atoms with Crippen molar-refractivity contribution in [2.75, 3.05) is 18.4 Å². The second-order valence-corrected chi connectivity index (χ2v) is 6.93. The van der Waals surface area contributed by atoms with Crippen LogP contribution in [-0.4, -0.2) is 45.1 Å². The molecule has 6 nitrogen and oxygen atoms in total. The molecular weight excluding hydrogens is 321 g/mol. The summed E-state index contributed by atoms with van der Waals surface area (Å²) < 4.78 is 14.2. The summed E-state index contributed by atoms with van der Waals surface area (Å²) in [5.74, 6) is -0.218. The zero-order valence-electron chi connectivity index (χ0n) is 14.0. The number of likely N-dealkylation sites (tertiary alicyclic amines) is 1. The SMILES string of the molecule is O=C(Nc1cccc(F)c1-c1ncn[nH]1)C1CN(C2CCCCC2)C1. The Balaban J connectivity index is 1.42. The van der Waals surface area contributed by atoms with Crippen molar-refractivity contribution in [3.63, 3.8) is 0 Å². The first-order chi connectivity index (χ1) is 12.2. The van der Waals surface area contributed by atoms with Crippen molar-refractivity contribution in [1.82, 2.24) is 20.1 Å². The van der Waals surface area contributed by atoms with Gasteiger partial charge in [-0.05, 0) is 25.0 Å². The summed E-state index contributed by atoms with van der Waals surface area (Å²) in [6, 6.07) is 5.26. The number of carbonyl (C=O) groups is 1. The van der Waals surface area contributed by atoms with Crippen LogP contribution in [0.2, 0.25) is 0 Å². The predicted octanol–water partition coefficient (Wildman–Crippen LogP) is 2.81. The van der Waals surface area contributed by atoms with Crippen molar-refractivity contribution >= 4 is 11.6 Å². The molecule has 1 aliphatic heterocycles. The van der Waals surface area contributed by atoms with Crippen molar-refractivity contribution < 1.29 is 9.18 Å². The lowest BCUT2D eigenvalue weighted by atomic mass is 9.88. The summed E-state index contributed by atoms with van der Waals surface area (Å²) in [6.45, 7) is 1.59. The molecule has 1 aromatic heterocycles. The molecule has 0 unspecified atom stereocenters. The van der Waals surface area contributed by atoms with E-state index in [-0.39, 0.29) is 17.4 Å². The van der Waals surface area contributed by atoms with Crippen LogP contribution in [0, 0.1) is 11.7 Å². The van der Waals surface area contributed by atoms with E-state index in [0.717, 1.165) is 13.1 Å². The van der Waals surface area contributed by atoms with Gasteiger partial charge in [0, 0.05) is 19.1 Å². The molecule has 0 atom stereocenters. The van der Waals surface area contributed by atoms with Crippen LogP contribution in [0.4, 0.5) is 10.1 Å². The molecule has 7 heteroatoms. The van der Waals surface area contributed by atoms with Gasteiger partial charge in [0.1, 0.15) is 12.1 Å². The molecule has 1 aromatic carbocycles. The number of halogens is 1. The molecule has 4 rings (SSSR count). The molecule has 0 radical (unpaired) electrons. The fourth-order valence-corrected chi connectivity index (χ4v) is 3.85. The smallest absolute Gasteiger partial charge is 0.230 e. The van der Waals surface area contributed by atoms with Gasteiger partial charge in [0.2, 0.25) is 5.91 Å².